The third-order valence-corrected chi connectivity index (χ3v) is 6.69. The highest BCUT2D eigenvalue weighted by molar-refractivity contribution is 6.34. The van der Waals surface area contributed by atoms with Crippen LogP contribution in [0.5, 0.6) is 0 Å². The summed E-state index contributed by atoms with van der Waals surface area (Å²) in [7, 11) is 0. The smallest absolute Gasteiger partial charge is 0.256 e. The molecule has 4 rings (SSSR count). The predicted molar refractivity (Wildman–Crippen MR) is 134 cm³/mol. The Morgan fingerprint density at radius 3 is 2.68 bits per heavy atom. The number of aliphatic hydroxyl groups is 3. The number of carbonyl (C=O) groups is 3. The molecule has 0 unspecified atom stereocenters. The summed E-state index contributed by atoms with van der Waals surface area (Å²) in [4.78, 5) is 41.8. The van der Waals surface area contributed by atoms with E-state index < -0.39 is 24.1 Å². The largest absolute Gasteiger partial charge is 0.393 e. The van der Waals surface area contributed by atoms with Crippen LogP contribution in [-0.2, 0) is 9.59 Å². The number of likely N-dealkylation sites (tertiary alicyclic amines) is 1. The molecule has 10 nitrogen and oxygen atoms in total. The number of aliphatic hydroxyl groups excluding tert-OH is 3. The van der Waals surface area contributed by atoms with Crippen molar-refractivity contribution in [2.24, 2.45) is 0 Å². The highest BCUT2D eigenvalue weighted by Crippen LogP contribution is 2.34. The number of aromatic nitrogens is 1. The highest BCUT2D eigenvalue weighted by Gasteiger charge is 2.30. The third kappa shape index (κ3) is 5.90. The Hall–Kier alpha value is -3.54. The Balaban J connectivity index is 1.32. The van der Waals surface area contributed by atoms with Crippen LogP contribution < -0.4 is 10.6 Å². The Kier molecular flexibility index (Phi) is 7.76. The summed E-state index contributed by atoms with van der Waals surface area (Å²) in [6.07, 6.45) is -0.826. The van der Waals surface area contributed by atoms with E-state index in [-0.39, 0.29) is 62.2 Å². The van der Waals surface area contributed by atoms with Gasteiger partial charge in [-0.25, -0.2) is 4.39 Å². The molecule has 37 heavy (non-hydrogen) atoms. The Morgan fingerprint density at radius 1 is 1.24 bits per heavy atom. The van der Waals surface area contributed by atoms with Gasteiger partial charge in [0.1, 0.15) is 5.82 Å². The molecule has 0 saturated carbocycles. The number of halogens is 1. The number of aryl methyl sites for hydroxylation is 1. The Labute approximate surface area is 213 Å². The fourth-order valence-corrected chi connectivity index (χ4v) is 4.65. The molecule has 1 saturated heterocycles. The minimum absolute atomic E-state index is 0.0118. The fourth-order valence-electron chi connectivity index (χ4n) is 4.65. The average molecular weight is 515 g/mol. The van der Waals surface area contributed by atoms with E-state index in [1.165, 1.54) is 23.1 Å². The fraction of sp³-hybridized carbons (Fsp3) is 0.423. The number of rotatable bonds is 9. The zero-order valence-electron chi connectivity index (χ0n) is 20.7. The molecule has 0 spiro atoms. The van der Waals surface area contributed by atoms with E-state index in [4.69, 9.17) is 0 Å². The number of hydrogen-bond donors (Lipinski definition) is 6. The number of nitrogens with one attached hydrogen (secondary N) is 3. The first-order valence-electron chi connectivity index (χ1n) is 12.2. The van der Waals surface area contributed by atoms with Gasteiger partial charge in [-0.05, 0) is 56.5 Å². The minimum Gasteiger partial charge on any atom is -0.393 e. The van der Waals surface area contributed by atoms with Gasteiger partial charge in [-0.3, -0.25) is 14.4 Å². The van der Waals surface area contributed by atoms with Gasteiger partial charge in [-0.2, -0.15) is 0 Å². The van der Waals surface area contributed by atoms with Crippen LogP contribution in [0.25, 0.3) is 11.6 Å². The van der Waals surface area contributed by atoms with E-state index in [2.05, 4.69) is 15.6 Å². The van der Waals surface area contributed by atoms with Crippen LogP contribution in [0, 0.1) is 19.7 Å². The summed E-state index contributed by atoms with van der Waals surface area (Å²) in [6.45, 7) is 4.13. The maximum atomic E-state index is 13.7. The standard InChI is InChI=1S/C26H31FN4O6/c1-13-22(10-20-19-7-15(27)3-4-21(19)30-25(20)36)29-14(2)24(13)26(37)28-6-5-16(32)8-17(33)9-23(35)31-11-18(34)12-31/h3-4,7,10,16-18,29,32-34H,5-6,8-9,11-12H2,1-2H3,(H,28,37)(H,30,36)/b20-10-/t16-,17-/m1/s1. The van der Waals surface area contributed by atoms with Crippen molar-refractivity contribution >= 4 is 35.1 Å². The lowest BCUT2D eigenvalue weighted by atomic mass is 10.0. The van der Waals surface area contributed by atoms with Crippen molar-refractivity contribution in [2.45, 2.75) is 51.4 Å². The van der Waals surface area contributed by atoms with E-state index in [0.29, 0.717) is 33.8 Å². The Bertz CT molecular complexity index is 1250. The molecule has 1 aromatic heterocycles. The number of carbonyl (C=O) groups excluding carboxylic acids is 3. The molecular weight excluding hydrogens is 483 g/mol. The predicted octanol–water partition coefficient (Wildman–Crippen LogP) is 1.09. The van der Waals surface area contributed by atoms with Crippen LogP contribution in [0.4, 0.5) is 10.1 Å². The van der Waals surface area contributed by atoms with E-state index in [1.807, 2.05) is 0 Å². The summed E-state index contributed by atoms with van der Waals surface area (Å²) < 4.78 is 13.7. The molecule has 0 radical (unpaired) electrons. The van der Waals surface area contributed by atoms with Gasteiger partial charge in [0.25, 0.3) is 11.8 Å². The van der Waals surface area contributed by atoms with Gasteiger partial charge in [-0.1, -0.05) is 0 Å². The number of anilines is 1. The first kappa shape index (κ1) is 26.5. The Morgan fingerprint density at radius 2 is 1.97 bits per heavy atom. The third-order valence-electron chi connectivity index (χ3n) is 6.69. The van der Waals surface area contributed by atoms with Gasteiger partial charge >= 0.3 is 0 Å². The van der Waals surface area contributed by atoms with Crippen molar-refractivity contribution in [3.8, 4) is 0 Å². The van der Waals surface area contributed by atoms with Gasteiger partial charge in [0, 0.05) is 42.3 Å². The molecule has 3 amide bonds. The molecule has 6 N–H and O–H groups in total. The summed E-state index contributed by atoms with van der Waals surface area (Å²) in [6, 6.07) is 4.05. The van der Waals surface area contributed by atoms with Crippen molar-refractivity contribution in [1.29, 1.82) is 0 Å². The number of amides is 3. The van der Waals surface area contributed by atoms with Crippen LogP contribution in [0.15, 0.2) is 18.2 Å². The second-order valence-corrected chi connectivity index (χ2v) is 9.61. The van der Waals surface area contributed by atoms with E-state index in [9.17, 15) is 34.1 Å². The topological polar surface area (TPSA) is 155 Å². The lowest BCUT2D eigenvalue weighted by molar-refractivity contribution is -0.143. The molecule has 0 aliphatic carbocycles. The lowest BCUT2D eigenvalue weighted by Crippen LogP contribution is -2.54. The van der Waals surface area contributed by atoms with Gasteiger partial charge in [0.15, 0.2) is 0 Å². The van der Waals surface area contributed by atoms with Crippen LogP contribution in [0.1, 0.15) is 52.1 Å². The first-order chi connectivity index (χ1) is 17.5. The normalized spacial score (nSPS) is 17.8. The zero-order valence-corrected chi connectivity index (χ0v) is 20.7. The molecule has 1 aromatic carbocycles. The number of benzene rings is 1. The second-order valence-electron chi connectivity index (χ2n) is 9.61. The molecule has 2 atom stereocenters. The van der Waals surface area contributed by atoms with Gasteiger partial charge in [-0.15, -0.1) is 0 Å². The monoisotopic (exact) mass is 514 g/mol. The van der Waals surface area contributed by atoms with Gasteiger partial charge in [0.2, 0.25) is 5.91 Å². The summed E-state index contributed by atoms with van der Waals surface area (Å²) >= 11 is 0. The lowest BCUT2D eigenvalue weighted by Gasteiger charge is -2.36. The van der Waals surface area contributed by atoms with Crippen molar-refractivity contribution in [1.82, 2.24) is 15.2 Å². The molecule has 1 fully saturated rings. The minimum atomic E-state index is -1.02. The van der Waals surface area contributed by atoms with E-state index in [0.717, 1.165) is 0 Å². The molecule has 2 aliphatic heterocycles. The van der Waals surface area contributed by atoms with E-state index >= 15 is 0 Å². The number of hydrogen-bond acceptors (Lipinski definition) is 6. The maximum absolute atomic E-state index is 13.7. The summed E-state index contributed by atoms with van der Waals surface area (Å²) in [5.74, 6) is -1.46. The van der Waals surface area contributed by atoms with Crippen molar-refractivity contribution in [3.63, 3.8) is 0 Å². The van der Waals surface area contributed by atoms with Crippen LogP contribution in [-0.4, -0.2) is 80.9 Å². The molecule has 0 bridgehead atoms. The highest BCUT2D eigenvalue weighted by atomic mass is 19.1. The van der Waals surface area contributed by atoms with Crippen LogP contribution in [0.3, 0.4) is 0 Å². The molecular formula is C26H31FN4O6. The van der Waals surface area contributed by atoms with Crippen molar-refractivity contribution in [3.05, 3.63) is 52.1 Å². The number of fused-ring (bicyclic) bond motifs is 1. The average Bonchev–Trinajstić information content (AvgIpc) is 3.25. The maximum Gasteiger partial charge on any atom is 0.256 e. The summed E-state index contributed by atoms with van der Waals surface area (Å²) in [5, 5.41) is 35.0. The molecule has 198 valence electrons. The number of β-amino-alcohol motifs (C(OH)–C–C–N with tert-alkyl or cyclic N) is 1. The second kappa shape index (κ2) is 10.8. The first-order valence-corrected chi connectivity index (χ1v) is 12.2. The molecule has 2 aromatic rings. The molecule has 2 aliphatic rings. The molecule has 3 heterocycles. The number of H-pyrrole nitrogens is 1. The van der Waals surface area contributed by atoms with Gasteiger partial charge < -0.3 is 35.8 Å². The zero-order chi connectivity index (χ0) is 26.9. The summed E-state index contributed by atoms with van der Waals surface area (Å²) in [5.41, 5.74) is 3.41. The van der Waals surface area contributed by atoms with Crippen molar-refractivity contribution < 1.29 is 34.1 Å². The van der Waals surface area contributed by atoms with Gasteiger partial charge in [0.05, 0.1) is 35.9 Å². The number of aromatic amines is 1. The van der Waals surface area contributed by atoms with Crippen LogP contribution in [0.2, 0.25) is 0 Å². The molecule has 11 heteroatoms. The quantitative estimate of drug-likeness (QED) is 0.275. The van der Waals surface area contributed by atoms with Crippen LogP contribution >= 0.6 is 0 Å². The van der Waals surface area contributed by atoms with E-state index in [1.54, 1.807) is 19.9 Å². The SMILES string of the molecule is Cc1[nH]c(/C=C2\C(=O)Nc3ccc(F)cc32)c(C)c1C(=O)NCC[C@@H](O)C[C@@H](O)CC(=O)N1CC(O)C1. The van der Waals surface area contributed by atoms with Crippen molar-refractivity contribution in [2.75, 3.05) is 25.0 Å². The number of nitrogens with zero attached hydrogens (tertiary/aromatic N) is 1.